The molecule has 0 aromatic heterocycles. The fraction of sp³-hybridized carbons (Fsp3) is 0.571. The molecule has 3 rings (SSSR count). The maximum atomic E-state index is 9.74. The van der Waals surface area contributed by atoms with Crippen LogP contribution in [0.1, 0.15) is 25.7 Å². The van der Waals surface area contributed by atoms with Gasteiger partial charge in [-0.2, -0.15) is 0 Å². The highest BCUT2D eigenvalue weighted by atomic mass is 16.3. The number of rotatable bonds is 3. The van der Waals surface area contributed by atoms with Gasteiger partial charge in [0.2, 0.25) is 0 Å². The van der Waals surface area contributed by atoms with Crippen molar-refractivity contribution in [1.82, 2.24) is 0 Å². The molecule has 3 unspecified atom stereocenters. The zero-order valence-electron chi connectivity index (χ0n) is 9.52. The van der Waals surface area contributed by atoms with E-state index in [2.05, 4.69) is 17.4 Å². The van der Waals surface area contributed by atoms with Crippen molar-refractivity contribution in [3.8, 4) is 0 Å². The molecule has 1 aromatic rings. The van der Waals surface area contributed by atoms with Crippen LogP contribution in [0.2, 0.25) is 0 Å². The highest BCUT2D eigenvalue weighted by Crippen LogP contribution is 2.51. The van der Waals surface area contributed by atoms with E-state index in [0.717, 1.165) is 18.0 Å². The Kier molecular flexibility index (Phi) is 2.40. The average Bonchev–Trinajstić information content (AvgIpc) is 2.91. The third kappa shape index (κ3) is 1.52. The van der Waals surface area contributed by atoms with Crippen LogP contribution >= 0.6 is 0 Å². The number of hydrogen-bond acceptors (Lipinski definition) is 2. The molecule has 0 amide bonds. The van der Waals surface area contributed by atoms with Crippen molar-refractivity contribution in [3.63, 3.8) is 0 Å². The maximum Gasteiger partial charge on any atom is 0.0664 e. The number of aliphatic hydroxyl groups is 1. The lowest BCUT2D eigenvalue weighted by atomic mass is 9.81. The first-order valence-electron chi connectivity index (χ1n) is 6.26. The van der Waals surface area contributed by atoms with Gasteiger partial charge in [-0.05, 0) is 49.7 Å². The van der Waals surface area contributed by atoms with Gasteiger partial charge in [-0.1, -0.05) is 18.2 Å². The van der Waals surface area contributed by atoms with Crippen molar-refractivity contribution in [3.05, 3.63) is 30.3 Å². The summed E-state index contributed by atoms with van der Waals surface area (Å²) in [4.78, 5) is 0. The Bertz CT molecular complexity index is 364. The SMILES string of the molecule is OCC1(Nc2ccccc2)CC2CCC1C2. The van der Waals surface area contributed by atoms with E-state index in [0.29, 0.717) is 5.92 Å². The Hall–Kier alpha value is -1.02. The standard InChI is InChI=1S/C14H19NO/c16-10-14(9-11-6-7-12(14)8-11)15-13-4-2-1-3-5-13/h1-5,11-12,15-16H,6-10H2. The molecule has 16 heavy (non-hydrogen) atoms. The molecule has 2 N–H and O–H groups in total. The number of anilines is 1. The average molecular weight is 217 g/mol. The van der Waals surface area contributed by atoms with Crippen LogP contribution in [0.15, 0.2) is 30.3 Å². The van der Waals surface area contributed by atoms with Gasteiger partial charge < -0.3 is 10.4 Å². The molecule has 86 valence electrons. The summed E-state index contributed by atoms with van der Waals surface area (Å²) in [5.74, 6) is 1.51. The third-order valence-electron chi connectivity index (χ3n) is 4.42. The van der Waals surface area contributed by atoms with Gasteiger partial charge in [0, 0.05) is 5.69 Å². The minimum Gasteiger partial charge on any atom is -0.394 e. The zero-order valence-corrected chi connectivity index (χ0v) is 9.52. The van der Waals surface area contributed by atoms with Crippen molar-refractivity contribution < 1.29 is 5.11 Å². The van der Waals surface area contributed by atoms with Crippen molar-refractivity contribution in [2.75, 3.05) is 11.9 Å². The second-order valence-electron chi connectivity index (χ2n) is 5.39. The van der Waals surface area contributed by atoms with Crippen LogP contribution in [0.4, 0.5) is 5.69 Å². The maximum absolute atomic E-state index is 9.74. The van der Waals surface area contributed by atoms with Gasteiger partial charge in [0.1, 0.15) is 0 Å². The van der Waals surface area contributed by atoms with E-state index >= 15 is 0 Å². The number of fused-ring (bicyclic) bond motifs is 2. The molecule has 0 aliphatic heterocycles. The summed E-state index contributed by atoms with van der Waals surface area (Å²) in [6.45, 7) is 0.267. The van der Waals surface area contributed by atoms with Crippen molar-refractivity contribution in [2.45, 2.75) is 31.2 Å². The molecular weight excluding hydrogens is 198 g/mol. The fourth-order valence-corrected chi connectivity index (χ4v) is 3.64. The van der Waals surface area contributed by atoms with Gasteiger partial charge in [0.25, 0.3) is 0 Å². The molecule has 1 aromatic carbocycles. The Morgan fingerprint density at radius 1 is 1.25 bits per heavy atom. The molecule has 2 heteroatoms. The lowest BCUT2D eigenvalue weighted by Gasteiger charge is -2.38. The first kappa shape index (κ1) is 10.2. The molecule has 2 fully saturated rings. The van der Waals surface area contributed by atoms with E-state index in [1.165, 1.54) is 19.3 Å². The van der Waals surface area contributed by atoms with Gasteiger partial charge >= 0.3 is 0 Å². The van der Waals surface area contributed by atoms with Crippen LogP contribution < -0.4 is 5.32 Å². The molecule has 3 atom stereocenters. The predicted octanol–water partition coefficient (Wildman–Crippen LogP) is 2.65. The highest BCUT2D eigenvalue weighted by Gasteiger charge is 2.50. The second-order valence-corrected chi connectivity index (χ2v) is 5.39. The Labute approximate surface area is 96.7 Å². The minimum absolute atomic E-state index is 0.0374. The van der Waals surface area contributed by atoms with E-state index in [1.54, 1.807) is 0 Å². The lowest BCUT2D eigenvalue weighted by molar-refractivity contribution is 0.159. The van der Waals surface area contributed by atoms with E-state index < -0.39 is 0 Å². The smallest absolute Gasteiger partial charge is 0.0664 e. The van der Waals surface area contributed by atoms with Crippen LogP contribution in [0.25, 0.3) is 0 Å². The molecule has 2 nitrogen and oxygen atoms in total. The molecule has 0 heterocycles. The zero-order chi connectivity index (χ0) is 11.0. The van der Waals surface area contributed by atoms with E-state index in [9.17, 15) is 5.11 Å². The largest absolute Gasteiger partial charge is 0.394 e. The monoisotopic (exact) mass is 217 g/mol. The topological polar surface area (TPSA) is 32.3 Å². The summed E-state index contributed by atoms with van der Waals surface area (Å²) >= 11 is 0. The molecule has 0 saturated heterocycles. The first-order valence-corrected chi connectivity index (χ1v) is 6.26. The summed E-state index contributed by atoms with van der Waals surface area (Å²) < 4.78 is 0. The fourth-order valence-electron chi connectivity index (χ4n) is 3.64. The molecular formula is C14H19NO. The Morgan fingerprint density at radius 2 is 2.06 bits per heavy atom. The van der Waals surface area contributed by atoms with Gasteiger partial charge in [0.15, 0.2) is 0 Å². The molecule has 2 bridgehead atoms. The first-order chi connectivity index (χ1) is 7.82. The summed E-state index contributed by atoms with van der Waals surface area (Å²) in [5.41, 5.74) is 1.11. The van der Waals surface area contributed by atoms with Crippen LogP contribution in [0.3, 0.4) is 0 Å². The summed E-state index contributed by atoms with van der Waals surface area (Å²) in [7, 11) is 0. The highest BCUT2D eigenvalue weighted by molar-refractivity contribution is 5.46. The summed E-state index contributed by atoms with van der Waals surface area (Å²) in [6, 6.07) is 10.3. The van der Waals surface area contributed by atoms with Crippen LogP contribution in [-0.4, -0.2) is 17.3 Å². The Morgan fingerprint density at radius 3 is 2.62 bits per heavy atom. The van der Waals surface area contributed by atoms with Crippen molar-refractivity contribution >= 4 is 5.69 Å². The summed E-state index contributed by atoms with van der Waals surface area (Å²) in [6.07, 6.45) is 5.09. The minimum atomic E-state index is -0.0374. The van der Waals surface area contributed by atoms with Gasteiger partial charge in [-0.15, -0.1) is 0 Å². The number of hydrogen-bond donors (Lipinski definition) is 2. The molecule has 0 spiro atoms. The van der Waals surface area contributed by atoms with Gasteiger partial charge in [-0.25, -0.2) is 0 Å². The van der Waals surface area contributed by atoms with Crippen molar-refractivity contribution in [1.29, 1.82) is 0 Å². The van der Waals surface area contributed by atoms with Gasteiger partial charge in [0.05, 0.1) is 12.1 Å². The number of aliphatic hydroxyl groups excluding tert-OH is 1. The number of nitrogens with one attached hydrogen (secondary N) is 1. The molecule has 2 aliphatic carbocycles. The van der Waals surface area contributed by atoms with Crippen molar-refractivity contribution in [2.24, 2.45) is 11.8 Å². The predicted molar refractivity (Wildman–Crippen MR) is 65.3 cm³/mol. The van der Waals surface area contributed by atoms with Crippen LogP contribution in [-0.2, 0) is 0 Å². The van der Waals surface area contributed by atoms with Gasteiger partial charge in [-0.3, -0.25) is 0 Å². The normalized spacial score (nSPS) is 36.6. The molecule has 0 radical (unpaired) electrons. The van der Waals surface area contributed by atoms with E-state index in [4.69, 9.17) is 0 Å². The summed E-state index contributed by atoms with van der Waals surface area (Å²) in [5, 5.41) is 13.3. The number of benzene rings is 1. The Balaban J connectivity index is 1.82. The second kappa shape index (κ2) is 3.77. The molecule has 2 saturated carbocycles. The quantitative estimate of drug-likeness (QED) is 0.815. The van der Waals surface area contributed by atoms with Crippen LogP contribution in [0.5, 0.6) is 0 Å². The third-order valence-corrected chi connectivity index (χ3v) is 4.42. The number of para-hydroxylation sites is 1. The van der Waals surface area contributed by atoms with E-state index in [1.807, 2.05) is 18.2 Å². The molecule has 2 aliphatic rings. The van der Waals surface area contributed by atoms with E-state index in [-0.39, 0.29) is 12.1 Å². The lowest BCUT2D eigenvalue weighted by Crippen LogP contribution is -2.46. The van der Waals surface area contributed by atoms with Crippen LogP contribution in [0, 0.1) is 11.8 Å².